The summed E-state index contributed by atoms with van der Waals surface area (Å²) < 4.78 is 4.96. The fraction of sp³-hybridized carbons (Fsp3) is 0.286. The van der Waals surface area contributed by atoms with Gasteiger partial charge in [-0.2, -0.15) is 0 Å². The molecule has 0 atom stereocenters. The molecule has 3 heterocycles. The molecule has 0 saturated carbocycles. The van der Waals surface area contributed by atoms with E-state index in [1.54, 1.807) is 0 Å². The molecule has 2 nitrogen and oxygen atoms in total. The van der Waals surface area contributed by atoms with E-state index in [9.17, 15) is 0 Å². The van der Waals surface area contributed by atoms with Gasteiger partial charge in [-0.05, 0) is 64.2 Å². The van der Waals surface area contributed by atoms with E-state index in [1.807, 2.05) is 0 Å². The Morgan fingerprint density at radius 3 is 2.24 bits per heavy atom. The molecule has 190 valence electrons. The van der Waals surface area contributed by atoms with E-state index in [0.29, 0.717) is 0 Å². The lowest BCUT2D eigenvalue weighted by Crippen LogP contribution is -2.38. The number of benzene rings is 4. The monoisotopic (exact) mass is 513 g/mol. The summed E-state index contributed by atoms with van der Waals surface area (Å²) in [7, 11) is 0.676. The summed E-state index contributed by atoms with van der Waals surface area (Å²) in [6, 6.07) is 23.6. The smallest absolute Gasteiger partial charge is 0.224 e. The molecule has 3 aromatic heterocycles. The minimum atomic E-state index is -1.54. The van der Waals surface area contributed by atoms with Crippen molar-refractivity contribution in [2.75, 3.05) is 0 Å². The number of aryl methyl sites for hydroxylation is 2. The normalized spacial score (nSPS) is 13.4. The molecule has 0 fully saturated rings. The highest BCUT2D eigenvalue weighted by Crippen LogP contribution is 2.45. The van der Waals surface area contributed by atoms with E-state index in [-0.39, 0.29) is 5.41 Å². The Morgan fingerprint density at radius 2 is 1.53 bits per heavy atom. The summed E-state index contributed by atoms with van der Waals surface area (Å²) in [4.78, 5) is 0. The molecule has 0 bridgehead atoms. The van der Waals surface area contributed by atoms with Gasteiger partial charge >= 0.3 is 0 Å². The second-order valence-electron chi connectivity index (χ2n) is 13.7. The molecule has 0 aliphatic carbocycles. The molecule has 0 spiro atoms. The molecule has 7 rings (SSSR count). The molecule has 3 heteroatoms. The van der Waals surface area contributed by atoms with Crippen molar-refractivity contribution < 1.29 is 4.57 Å². The van der Waals surface area contributed by atoms with E-state index in [1.165, 1.54) is 76.1 Å². The fourth-order valence-electron chi connectivity index (χ4n) is 6.84. The lowest BCUT2D eigenvalue weighted by Gasteiger charge is -2.20. The molecule has 0 aliphatic heterocycles. The third-order valence-corrected chi connectivity index (χ3v) is 10.6. The van der Waals surface area contributed by atoms with Crippen LogP contribution in [0, 0.1) is 12.3 Å². The molecule has 4 aromatic carbocycles. The van der Waals surface area contributed by atoms with Gasteiger partial charge in [-0.15, -0.1) is 0 Å². The molecule has 0 aliphatic rings. The first-order valence-corrected chi connectivity index (χ1v) is 17.4. The lowest BCUT2D eigenvalue weighted by atomic mass is 9.87. The van der Waals surface area contributed by atoms with Crippen molar-refractivity contribution in [1.82, 2.24) is 4.40 Å². The van der Waals surface area contributed by atoms with Gasteiger partial charge in [0.25, 0.3) is 0 Å². The van der Waals surface area contributed by atoms with Crippen molar-refractivity contribution in [3.63, 3.8) is 0 Å². The summed E-state index contributed by atoms with van der Waals surface area (Å²) in [6.07, 6.45) is 3.33. The largest absolute Gasteiger partial charge is 0.307 e. The van der Waals surface area contributed by atoms with Crippen LogP contribution in [-0.2, 0) is 13.5 Å². The highest BCUT2D eigenvalue weighted by atomic mass is 28.3. The second-order valence-corrected chi connectivity index (χ2v) is 18.8. The number of hydrogen-bond acceptors (Lipinski definition) is 0. The van der Waals surface area contributed by atoms with Crippen LogP contribution >= 0.6 is 0 Å². The van der Waals surface area contributed by atoms with Crippen LogP contribution in [0.2, 0.25) is 19.6 Å². The van der Waals surface area contributed by atoms with E-state index < -0.39 is 8.07 Å². The van der Waals surface area contributed by atoms with E-state index in [0.717, 1.165) is 6.42 Å². The van der Waals surface area contributed by atoms with Crippen molar-refractivity contribution in [3.8, 4) is 0 Å². The summed E-state index contributed by atoms with van der Waals surface area (Å²) in [5, 5.41) is 11.1. The van der Waals surface area contributed by atoms with Gasteiger partial charge in [0.05, 0.1) is 35.4 Å². The molecule has 0 N–H and O–H groups in total. The SMILES string of the molecule is Cc1c2ccccc2c2c3cc(CC(C)(C)C)ccc3n3c4cc([Si](C)(C)C)cc5cc[n+](C)c(c1c23)c54. The standard InChI is InChI=1S/C35H37N2Si/c1-21-25-11-9-10-12-26(25)32-27-17-22(20-35(2,3)4)13-14-28(27)37-29-19-24(38(6,7)8)18-23-15-16-36(5)33(31(23)29)30(21)34(32)37/h9-19H,20H2,1-8H3/q+1. The van der Waals surface area contributed by atoms with Crippen LogP contribution in [0.15, 0.2) is 66.9 Å². The van der Waals surface area contributed by atoms with Crippen LogP contribution in [-0.4, -0.2) is 12.5 Å². The Hall–Kier alpha value is -3.43. The molecule has 0 radical (unpaired) electrons. The van der Waals surface area contributed by atoms with Gasteiger partial charge < -0.3 is 4.40 Å². The van der Waals surface area contributed by atoms with Crippen LogP contribution in [0.3, 0.4) is 0 Å². The lowest BCUT2D eigenvalue weighted by molar-refractivity contribution is -0.643. The van der Waals surface area contributed by atoms with Crippen LogP contribution in [0.4, 0.5) is 0 Å². The molecule has 0 saturated heterocycles. The predicted octanol–water partition coefficient (Wildman–Crippen LogP) is 8.41. The summed E-state index contributed by atoms with van der Waals surface area (Å²) in [5.74, 6) is 0. The van der Waals surface area contributed by atoms with Crippen molar-refractivity contribution in [2.45, 2.75) is 53.8 Å². The van der Waals surface area contributed by atoms with Crippen molar-refractivity contribution in [2.24, 2.45) is 12.5 Å². The molecule has 38 heavy (non-hydrogen) atoms. The van der Waals surface area contributed by atoms with Gasteiger partial charge in [-0.3, -0.25) is 0 Å². The number of hydrogen-bond donors (Lipinski definition) is 0. The van der Waals surface area contributed by atoms with Crippen LogP contribution in [0.1, 0.15) is 31.9 Å². The maximum Gasteiger partial charge on any atom is 0.224 e. The van der Waals surface area contributed by atoms with E-state index >= 15 is 0 Å². The topological polar surface area (TPSA) is 8.29 Å². The zero-order chi connectivity index (χ0) is 26.7. The summed E-state index contributed by atoms with van der Waals surface area (Å²) >= 11 is 0. The molecular weight excluding hydrogens is 476 g/mol. The highest BCUT2D eigenvalue weighted by molar-refractivity contribution is 6.89. The summed E-state index contributed by atoms with van der Waals surface area (Å²) in [5.41, 5.74) is 8.41. The van der Waals surface area contributed by atoms with Gasteiger partial charge in [-0.1, -0.05) is 82.0 Å². The van der Waals surface area contributed by atoms with Crippen molar-refractivity contribution in [1.29, 1.82) is 0 Å². The average Bonchev–Trinajstić information content (AvgIpc) is 3.18. The maximum absolute atomic E-state index is 2.61. The Labute approximate surface area is 225 Å². The average molecular weight is 514 g/mol. The van der Waals surface area contributed by atoms with Gasteiger partial charge in [0.1, 0.15) is 7.05 Å². The van der Waals surface area contributed by atoms with E-state index in [2.05, 4.69) is 130 Å². The third kappa shape index (κ3) is 3.21. The predicted molar refractivity (Wildman–Crippen MR) is 168 cm³/mol. The third-order valence-electron chi connectivity index (χ3n) is 8.54. The molecule has 0 amide bonds. The highest BCUT2D eigenvalue weighted by Gasteiger charge is 2.28. The molecule has 7 aromatic rings. The van der Waals surface area contributed by atoms with Gasteiger partial charge in [0.15, 0.2) is 6.20 Å². The number of pyridine rings is 2. The number of aromatic nitrogens is 2. The maximum atomic E-state index is 2.61. The first kappa shape index (κ1) is 23.7. The van der Waals surface area contributed by atoms with Crippen LogP contribution in [0.5, 0.6) is 0 Å². The van der Waals surface area contributed by atoms with Crippen molar-refractivity contribution in [3.05, 3.63) is 78.0 Å². The first-order chi connectivity index (χ1) is 17.9. The molecular formula is C35H37N2Si+. The minimum absolute atomic E-state index is 0.242. The van der Waals surface area contributed by atoms with E-state index in [4.69, 9.17) is 0 Å². The Morgan fingerprint density at radius 1 is 0.789 bits per heavy atom. The van der Waals surface area contributed by atoms with Gasteiger partial charge in [0.2, 0.25) is 5.52 Å². The zero-order valence-electron chi connectivity index (χ0n) is 24.0. The van der Waals surface area contributed by atoms with Crippen LogP contribution in [0.25, 0.3) is 59.8 Å². The minimum Gasteiger partial charge on any atom is -0.307 e. The first-order valence-electron chi connectivity index (χ1n) is 13.9. The Balaban J connectivity index is 1.84. The Kier molecular flexibility index (Phi) is 4.72. The summed E-state index contributed by atoms with van der Waals surface area (Å²) in [6.45, 7) is 16.7. The van der Waals surface area contributed by atoms with Crippen molar-refractivity contribution >= 4 is 73.0 Å². The number of nitrogens with zero attached hydrogens (tertiary/aromatic N) is 2. The fourth-order valence-corrected chi connectivity index (χ4v) is 8.00. The van der Waals surface area contributed by atoms with Gasteiger partial charge in [-0.25, -0.2) is 4.57 Å². The van der Waals surface area contributed by atoms with Crippen LogP contribution < -0.4 is 9.75 Å². The van der Waals surface area contributed by atoms with Gasteiger partial charge in [0, 0.05) is 16.8 Å². The zero-order valence-corrected chi connectivity index (χ0v) is 25.0. The number of fused-ring (bicyclic) bond motifs is 7. The molecule has 0 unspecified atom stereocenters. The number of rotatable bonds is 2. The second kappa shape index (κ2) is 7.57. The quantitative estimate of drug-likeness (QED) is 0.0949. The Bertz CT molecular complexity index is 2080.